The number of ether oxygens (including phenoxy) is 4. The highest BCUT2D eigenvalue weighted by Gasteiger charge is 2.20. The van der Waals surface area contributed by atoms with Gasteiger partial charge in [-0.05, 0) is 55.8 Å². The van der Waals surface area contributed by atoms with Crippen molar-refractivity contribution in [3.8, 4) is 23.3 Å². The molecule has 0 aromatic heterocycles. The summed E-state index contributed by atoms with van der Waals surface area (Å²) in [5.74, 6) is 0.616. The van der Waals surface area contributed by atoms with Crippen LogP contribution in [0.25, 0.3) is 0 Å². The number of amides is 1. The van der Waals surface area contributed by atoms with Gasteiger partial charge in [-0.25, -0.2) is 4.79 Å². The summed E-state index contributed by atoms with van der Waals surface area (Å²) in [4.78, 5) is 24.1. The third-order valence-corrected chi connectivity index (χ3v) is 4.25. The Morgan fingerprint density at radius 2 is 1.86 bits per heavy atom. The molecule has 150 valence electrons. The maximum Gasteiger partial charge on any atom is 0.347 e. The number of nitriles is 1. The van der Waals surface area contributed by atoms with Crippen LogP contribution in [0.5, 0.6) is 17.2 Å². The monoisotopic (exact) mass is 396 g/mol. The van der Waals surface area contributed by atoms with Gasteiger partial charge in [-0.1, -0.05) is 6.07 Å². The molecule has 2 aromatic carbocycles. The van der Waals surface area contributed by atoms with Crippen LogP contribution < -0.4 is 19.5 Å². The maximum atomic E-state index is 12.1. The standard InChI is InChI=1S/C21H20N2O6/c1-13(16-5-8-18-19(9-16)28-12-27-18)23-20(24)11-26-21(25)14(2)29-17-6-3-15(10-22)4-7-17/h3-9,13-14H,11-12H2,1-2H3,(H,23,24)/t13-,14-/m0/s1. The lowest BCUT2D eigenvalue weighted by Gasteiger charge is -2.16. The minimum atomic E-state index is -0.901. The van der Waals surface area contributed by atoms with Crippen LogP contribution in [-0.2, 0) is 14.3 Å². The Morgan fingerprint density at radius 3 is 2.59 bits per heavy atom. The highest BCUT2D eigenvalue weighted by Crippen LogP contribution is 2.34. The molecule has 2 atom stereocenters. The summed E-state index contributed by atoms with van der Waals surface area (Å²) in [5.41, 5.74) is 1.33. The van der Waals surface area contributed by atoms with Crippen molar-refractivity contribution in [1.29, 1.82) is 5.26 Å². The van der Waals surface area contributed by atoms with Crippen molar-refractivity contribution in [1.82, 2.24) is 5.32 Å². The first-order valence-corrected chi connectivity index (χ1v) is 8.98. The van der Waals surface area contributed by atoms with Crippen molar-refractivity contribution in [3.05, 3.63) is 53.6 Å². The molecule has 0 unspecified atom stereocenters. The van der Waals surface area contributed by atoms with Gasteiger partial charge in [-0.2, -0.15) is 5.26 Å². The summed E-state index contributed by atoms with van der Waals surface area (Å²) >= 11 is 0. The molecule has 0 radical (unpaired) electrons. The highest BCUT2D eigenvalue weighted by atomic mass is 16.7. The van der Waals surface area contributed by atoms with Gasteiger partial charge in [0, 0.05) is 0 Å². The van der Waals surface area contributed by atoms with Crippen molar-refractivity contribution in [3.63, 3.8) is 0 Å². The molecule has 2 aromatic rings. The van der Waals surface area contributed by atoms with Crippen LogP contribution in [0.2, 0.25) is 0 Å². The molecule has 1 amide bonds. The lowest BCUT2D eigenvalue weighted by Crippen LogP contribution is -2.34. The molecule has 8 heteroatoms. The molecule has 0 saturated heterocycles. The molecule has 29 heavy (non-hydrogen) atoms. The lowest BCUT2D eigenvalue weighted by molar-refractivity contribution is -0.154. The minimum Gasteiger partial charge on any atom is -0.479 e. The number of hydrogen-bond donors (Lipinski definition) is 1. The smallest absolute Gasteiger partial charge is 0.347 e. The Labute approximate surface area is 167 Å². The van der Waals surface area contributed by atoms with Crippen molar-refractivity contribution < 1.29 is 28.5 Å². The van der Waals surface area contributed by atoms with Gasteiger partial charge in [0.25, 0.3) is 5.91 Å². The summed E-state index contributed by atoms with van der Waals surface area (Å²) in [7, 11) is 0. The van der Waals surface area contributed by atoms with Crippen molar-refractivity contribution in [2.75, 3.05) is 13.4 Å². The quantitative estimate of drug-likeness (QED) is 0.717. The molecule has 8 nitrogen and oxygen atoms in total. The van der Waals surface area contributed by atoms with Gasteiger partial charge in [0.2, 0.25) is 6.79 Å². The SMILES string of the molecule is C[C@H](Oc1ccc(C#N)cc1)C(=O)OCC(=O)N[C@@H](C)c1ccc2c(c1)OCO2. The van der Waals surface area contributed by atoms with E-state index in [1.54, 1.807) is 36.4 Å². The Morgan fingerprint density at radius 1 is 1.14 bits per heavy atom. The Bertz CT molecular complexity index is 935. The predicted molar refractivity (Wildman–Crippen MR) is 101 cm³/mol. The molecular weight excluding hydrogens is 376 g/mol. The van der Waals surface area contributed by atoms with Crippen LogP contribution in [0.1, 0.15) is 31.0 Å². The van der Waals surface area contributed by atoms with Gasteiger partial charge < -0.3 is 24.3 Å². The number of fused-ring (bicyclic) bond motifs is 1. The van der Waals surface area contributed by atoms with Crippen LogP contribution in [0, 0.1) is 11.3 Å². The third-order valence-electron chi connectivity index (χ3n) is 4.25. The van der Waals surface area contributed by atoms with Gasteiger partial charge in [0.05, 0.1) is 17.7 Å². The fraction of sp³-hybridized carbons (Fsp3) is 0.286. The van der Waals surface area contributed by atoms with Crippen LogP contribution in [0.15, 0.2) is 42.5 Å². The highest BCUT2D eigenvalue weighted by molar-refractivity contribution is 5.82. The Hall–Kier alpha value is -3.73. The van der Waals surface area contributed by atoms with Crippen molar-refractivity contribution in [2.24, 2.45) is 0 Å². The van der Waals surface area contributed by atoms with E-state index in [1.165, 1.54) is 6.92 Å². The fourth-order valence-electron chi connectivity index (χ4n) is 2.66. The molecule has 0 fully saturated rings. The number of nitrogens with zero attached hydrogens (tertiary/aromatic N) is 1. The van der Waals surface area contributed by atoms with Crippen LogP contribution in [0.4, 0.5) is 0 Å². The van der Waals surface area contributed by atoms with Crippen molar-refractivity contribution in [2.45, 2.75) is 26.0 Å². The molecule has 0 aliphatic carbocycles. The molecule has 1 N–H and O–H groups in total. The molecule has 0 saturated carbocycles. The van der Waals surface area contributed by atoms with Gasteiger partial charge >= 0.3 is 5.97 Å². The second-order valence-electron chi connectivity index (χ2n) is 6.41. The minimum absolute atomic E-state index is 0.179. The molecule has 3 rings (SSSR count). The normalized spacial score (nSPS) is 13.7. The van der Waals surface area contributed by atoms with E-state index in [0.29, 0.717) is 22.8 Å². The third kappa shape index (κ3) is 5.17. The summed E-state index contributed by atoms with van der Waals surface area (Å²) in [6.07, 6.45) is -0.901. The zero-order chi connectivity index (χ0) is 20.8. The molecule has 0 spiro atoms. The molecule has 1 aliphatic rings. The van der Waals surface area contributed by atoms with Crippen LogP contribution in [0.3, 0.4) is 0 Å². The van der Waals surface area contributed by atoms with Crippen molar-refractivity contribution >= 4 is 11.9 Å². The van der Waals surface area contributed by atoms with Gasteiger partial charge in [0.15, 0.2) is 24.2 Å². The van der Waals surface area contributed by atoms with Crippen LogP contribution in [-0.4, -0.2) is 31.4 Å². The van der Waals surface area contributed by atoms with E-state index in [4.69, 9.17) is 24.2 Å². The maximum absolute atomic E-state index is 12.1. The van der Waals surface area contributed by atoms with Gasteiger partial charge in [-0.15, -0.1) is 0 Å². The van der Waals surface area contributed by atoms with E-state index in [-0.39, 0.29) is 12.8 Å². The zero-order valence-corrected chi connectivity index (χ0v) is 16.0. The Kier molecular flexibility index (Phi) is 6.19. The summed E-state index contributed by atoms with van der Waals surface area (Å²) in [6, 6.07) is 13.4. The largest absolute Gasteiger partial charge is 0.479 e. The van der Waals surface area contributed by atoms with E-state index < -0.39 is 24.6 Å². The number of carbonyl (C=O) groups excluding carboxylic acids is 2. The summed E-state index contributed by atoms with van der Waals surface area (Å²) < 4.78 is 21.1. The number of hydrogen-bond acceptors (Lipinski definition) is 7. The average molecular weight is 396 g/mol. The number of benzene rings is 2. The molecule has 1 aliphatic heterocycles. The number of rotatable bonds is 7. The molecular formula is C21H20N2O6. The number of esters is 1. The molecule has 1 heterocycles. The number of nitrogens with one attached hydrogen (secondary N) is 1. The predicted octanol–water partition coefficient (Wildman–Crippen LogP) is 2.47. The topological polar surface area (TPSA) is 107 Å². The Balaban J connectivity index is 1.45. The number of carbonyl (C=O) groups is 2. The van der Waals surface area contributed by atoms with Crippen LogP contribution >= 0.6 is 0 Å². The second kappa shape index (κ2) is 8.97. The van der Waals surface area contributed by atoms with E-state index in [0.717, 1.165) is 5.56 Å². The summed E-state index contributed by atoms with van der Waals surface area (Å²) in [6.45, 7) is 3.09. The molecule has 0 bridgehead atoms. The van der Waals surface area contributed by atoms with Gasteiger partial charge in [0.1, 0.15) is 5.75 Å². The average Bonchev–Trinajstić information content (AvgIpc) is 3.20. The van der Waals surface area contributed by atoms with E-state index >= 15 is 0 Å². The van der Waals surface area contributed by atoms with E-state index in [2.05, 4.69) is 5.32 Å². The fourth-order valence-corrected chi connectivity index (χ4v) is 2.66. The second-order valence-corrected chi connectivity index (χ2v) is 6.41. The first-order chi connectivity index (χ1) is 14.0. The summed E-state index contributed by atoms with van der Waals surface area (Å²) in [5, 5.41) is 11.5. The first kappa shape index (κ1) is 20.0. The van der Waals surface area contributed by atoms with Gasteiger partial charge in [-0.3, -0.25) is 4.79 Å². The zero-order valence-electron chi connectivity index (χ0n) is 16.0. The lowest BCUT2D eigenvalue weighted by atomic mass is 10.1. The first-order valence-electron chi connectivity index (χ1n) is 8.98. The van der Waals surface area contributed by atoms with E-state index in [9.17, 15) is 9.59 Å². The van der Waals surface area contributed by atoms with E-state index in [1.807, 2.05) is 19.1 Å².